The van der Waals surface area contributed by atoms with Gasteiger partial charge in [0, 0.05) is 24.8 Å². The van der Waals surface area contributed by atoms with Crippen molar-refractivity contribution in [3.05, 3.63) is 23.4 Å². The molecule has 0 aromatic carbocycles. The Morgan fingerprint density at radius 1 is 1.40 bits per heavy atom. The van der Waals surface area contributed by atoms with Crippen molar-refractivity contribution in [2.45, 2.75) is 26.7 Å². The zero-order valence-electron chi connectivity index (χ0n) is 9.53. The topological polar surface area (TPSA) is 66.5 Å². The maximum atomic E-state index is 9.09. The molecule has 0 spiro atoms. The second kappa shape index (κ2) is 4.81. The Hall–Kier alpha value is -0.800. The second-order valence-electron chi connectivity index (χ2n) is 4.58. The van der Waals surface area contributed by atoms with Crippen LogP contribution in [0.25, 0.3) is 0 Å². The van der Waals surface area contributed by atoms with Crippen LogP contribution in [-0.2, 0) is 0 Å². The van der Waals surface area contributed by atoms with Crippen LogP contribution in [0.5, 0.6) is 0 Å². The van der Waals surface area contributed by atoms with E-state index in [0.717, 1.165) is 11.3 Å². The molecular weight excluding hydrogens is 190 g/mol. The van der Waals surface area contributed by atoms with E-state index in [1.165, 1.54) is 0 Å². The standard InChI is InChI=1S/C12H21NO2/c1-9-7-11(13)10(3-5-14)12(2,8-9)4-6-15/h7-8,10,14-15H,3-6,13H2,1-2H3. The fourth-order valence-electron chi connectivity index (χ4n) is 2.52. The van der Waals surface area contributed by atoms with Crippen LogP contribution in [0.15, 0.2) is 23.4 Å². The van der Waals surface area contributed by atoms with Crippen molar-refractivity contribution in [3.8, 4) is 0 Å². The molecule has 0 bridgehead atoms. The molecule has 15 heavy (non-hydrogen) atoms. The van der Waals surface area contributed by atoms with Crippen LogP contribution in [-0.4, -0.2) is 23.4 Å². The van der Waals surface area contributed by atoms with Crippen molar-refractivity contribution in [2.75, 3.05) is 13.2 Å². The molecule has 0 saturated carbocycles. The van der Waals surface area contributed by atoms with E-state index < -0.39 is 0 Å². The third kappa shape index (κ3) is 2.61. The van der Waals surface area contributed by atoms with Gasteiger partial charge in [-0.15, -0.1) is 0 Å². The summed E-state index contributed by atoms with van der Waals surface area (Å²) in [7, 11) is 0. The summed E-state index contributed by atoms with van der Waals surface area (Å²) in [5, 5.41) is 18.1. The van der Waals surface area contributed by atoms with E-state index >= 15 is 0 Å². The monoisotopic (exact) mass is 211 g/mol. The molecule has 1 aliphatic rings. The van der Waals surface area contributed by atoms with E-state index in [2.05, 4.69) is 13.0 Å². The Morgan fingerprint density at radius 2 is 2.07 bits per heavy atom. The summed E-state index contributed by atoms with van der Waals surface area (Å²) in [6, 6.07) is 0. The van der Waals surface area contributed by atoms with Gasteiger partial charge in [-0.2, -0.15) is 0 Å². The van der Waals surface area contributed by atoms with E-state index in [-0.39, 0.29) is 24.5 Å². The predicted octanol–water partition coefficient (Wildman–Crippen LogP) is 1.18. The number of aliphatic hydroxyl groups excluding tert-OH is 2. The minimum absolute atomic E-state index is 0.125. The SMILES string of the molecule is CC1=CC(C)(CCO)C(CCO)C(N)=C1. The summed E-state index contributed by atoms with van der Waals surface area (Å²) in [4.78, 5) is 0. The highest BCUT2D eigenvalue weighted by molar-refractivity contribution is 5.31. The van der Waals surface area contributed by atoms with Crippen LogP contribution in [0, 0.1) is 11.3 Å². The van der Waals surface area contributed by atoms with E-state index in [4.69, 9.17) is 15.9 Å². The summed E-state index contributed by atoms with van der Waals surface area (Å²) in [5.74, 6) is 0.137. The molecular formula is C12H21NO2. The zero-order valence-corrected chi connectivity index (χ0v) is 9.53. The van der Waals surface area contributed by atoms with E-state index in [1.807, 2.05) is 13.0 Å². The smallest absolute Gasteiger partial charge is 0.0439 e. The van der Waals surface area contributed by atoms with Crippen LogP contribution in [0.3, 0.4) is 0 Å². The molecule has 2 unspecified atom stereocenters. The lowest BCUT2D eigenvalue weighted by Crippen LogP contribution is -2.34. The summed E-state index contributed by atoms with van der Waals surface area (Å²) in [6.45, 7) is 4.38. The minimum Gasteiger partial charge on any atom is -0.402 e. The first kappa shape index (κ1) is 12.3. The normalized spacial score (nSPS) is 31.1. The molecule has 0 aliphatic heterocycles. The van der Waals surface area contributed by atoms with Crippen molar-refractivity contribution in [2.24, 2.45) is 17.1 Å². The molecule has 0 amide bonds. The van der Waals surface area contributed by atoms with Crippen LogP contribution in [0.2, 0.25) is 0 Å². The van der Waals surface area contributed by atoms with Crippen molar-refractivity contribution in [1.82, 2.24) is 0 Å². The van der Waals surface area contributed by atoms with Crippen LogP contribution < -0.4 is 5.73 Å². The highest BCUT2D eigenvalue weighted by atomic mass is 16.3. The van der Waals surface area contributed by atoms with Crippen molar-refractivity contribution in [1.29, 1.82) is 0 Å². The van der Waals surface area contributed by atoms with Crippen molar-refractivity contribution in [3.63, 3.8) is 0 Å². The molecule has 0 fully saturated rings. The number of nitrogens with two attached hydrogens (primary N) is 1. The molecule has 86 valence electrons. The molecule has 0 radical (unpaired) electrons. The zero-order chi connectivity index (χ0) is 11.5. The molecule has 4 N–H and O–H groups in total. The number of rotatable bonds is 4. The first-order valence-corrected chi connectivity index (χ1v) is 5.41. The molecule has 2 atom stereocenters. The lowest BCUT2D eigenvalue weighted by atomic mass is 9.68. The third-order valence-electron chi connectivity index (χ3n) is 3.22. The Balaban J connectivity index is 2.95. The summed E-state index contributed by atoms with van der Waals surface area (Å²) < 4.78 is 0. The average Bonchev–Trinajstić information content (AvgIpc) is 2.11. The largest absolute Gasteiger partial charge is 0.402 e. The van der Waals surface area contributed by atoms with Crippen molar-refractivity contribution < 1.29 is 10.2 Å². The molecule has 1 rings (SSSR count). The van der Waals surface area contributed by atoms with Gasteiger partial charge in [-0.25, -0.2) is 0 Å². The number of allylic oxidation sites excluding steroid dienone is 4. The lowest BCUT2D eigenvalue weighted by Gasteiger charge is -2.38. The average molecular weight is 211 g/mol. The summed E-state index contributed by atoms with van der Waals surface area (Å²) in [5.41, 5.74) is 7.82. The maximum absolute atomic E-state index is 9.09. The first-order chi connectivity index (χ1) is 7.03. The van der Waals surface area contributed by atoms with E-state index in [9.17, 15) is 0 Å². The predicted molar refractivity (Wildman–Crippen MR) is 61.0 cm³/mol. The van der Waals surface area contributed by atoms with Crippen LogP contribution >= 0.6 is 0 Å². The highest BCUT2D eigenvalue weighted by Crippen LogP contribution is 2.42. The van der Waals surface area contributed by atoms with Crippen molar-refractivity contribution >= 4 is 0 Å². The summed E-state index contributed by atoms with van der Waals surface area (Å²) in [6.07, 6.45) is 5.45. The van der Waals surface area contributed by atoms with Gasteiger partial charge in [0.25, 0.3) is 0 Å². The van der Waals surface area contributed by atoms with Gasteiger partial charge >= 0.3 is 0 Å². The first-order valence-electron chi connectivity index (χ1n) is 5.41. The molecule has 0 saturated heterocycles. The fraction of sp³-hybridized carbons (Fsp3) is 0.667. The van der Waals surface area contributed by atoms with Crippen LogP contribution in [0.1, 0.15) is 26.7 Å². The van der Waals surface area contributed by atoms with Gasteiger partial charge in [0.2, 0.25) is 0 Å². The van der Waals surface area contributed by atoms with Crippen LogP contribution in [0.4, 0.5) is 0 Å². The van der Waals surface area contributed by atoms with Gasteiger partial charge in [-0.1, -0.05) is 18.6 Å². The lowest BCUT2D eigenvalue weighted by molar-refractivity contribution is 0.158. The molecule has 1 aliphatic carbocycles. The quantitative estimate of drug-likeness (QED) is 0.654. The van der Waals surface area contributed by atoms with E-state index in [0.29, 0.717) is 12.8 Å². The van der Waals surface area contributed by atoms with Gasteiger partial charge in [0.15, 0.2) is 0 Å². The Kier molecular flexibility index (Phi) is 3.94. The Labute approximate surface area is 91.3 Å². The minimum atomic E-state index is -0.125. The van der Waals surface area contributed by atoms with Gasteiger partial charge in [-0.05, 0) is 31.3 Å². The van der Waals surface area contributed by atoms with Gasteiger partial charge < -0.3 is 15.9 Å². The molecule has 0 heterocycles. The van der Waals surface area contributed by atoms with E-state index in [1.54, 1.807) is 0 Å². The van der Waals surface area contributed by atoms with Gasteiger partial charge in [0.05, 0.1) is 0 Å². The van der Waals surface area contributed by atoms with Gasteiger partial charge in [0.1, 0.15) is 0 Å². The molecule has 0 aromatic heterocycles. The Bertz CT molecular complexity index is 283. The highest BCUT2D eigenvalue weighted by Gasteiger charge is 2.35. The Morgan fingerprint density at radius 3 is 2.60 bits per heavy atom. The number of hydrogen-bond donors (Lipinski definition) is 3. The number of aliphatic hydroxyl groups is 2. The second-order valence-corrected chi connectivity index (χ2v) is 4.58. The molecule has 3 nitrogen and oxygen atoms in total. The fourth-order valence-corrected chi connectivity index (χ4v) is 2.52. The summed E-state index contributed by atoms with van der Waals surface area (Å²) >= 11 is 0. The third-order valence-corrected chi connectivity index (χ3v) is 3.22. The maximum Gasteiger partial charge on any atom is 0.0439 e. The van der Waals surface area contributed by atoms with Gasteiger partial charge in [-0.3, -0.25) is 0 Å². The molecule has 0 aromatic rings. The number of hydrogen-bond acceptors (Lipinski definition) is 3. The molecule has 3 heteroatoms.